The molecule has 1 N–H and O–H groups in total. The molecule has 0 aliphatic carbocycles. The van der Waals surface area contributed by atoms with Gasteiger partial charge in [0.15, 0.2) is 0 Å². The Morgan fingerprint density at radius 3 is 2.43 bits per heavy atom. The number of hydrogen-bond donors (Lipinski definition) is 1. The van der Waals surface area contributed by atoms with Crippen molar-refractivity contribution < 1.29 is 13.2 Å². The minimum atomic E-state index is -3.42. The highest BCUT2D eigenvalue weighted by Crippen LogP contribution is 2.17. The van der Waals surface area contributed by atoms with Crippen molar-refractivity contribution in [1.82, 2.24) is 4.72 Å². The number of rotatable bonds is 6. The first-order valence-corrected chi connectivity index (χ1v) is 8.37. The summed E-state index contributed by atoms with van der Waals surface area (Å²) in [6.45, 7) is 0.194. The highest BCUT2D eigenvalue weighted by atomic mass is 35.5. The molecule has 6 heteroatoms. The minimum Gasteiger partial charge on any atom is -0.496 e. The molecule has 0 atom stereocenters. The number of benzene rings is 2. The molecule has 0 bridgehead atoms. The monoisotopic (exact) mass is 325 g/mol. The van der Waals surface area contributed by atoms with Gasteiger partial charge in [-0.3, -0.25) is 0 Å². The molecule has 0 saturated heterocycles. The molecule has 2 rings (SSSR count). The molecule has 0 aromatic heterocycles. The first kappa shape index (κ1) is 15.8. The maximum atomic E-state index is 12.1. The first-order chi connectivity index (χ1) is 10.00. The summed E-state index contributed by atoms with van der Waals surface area (Å²) < 4.78 is 31.9. The molecule has 112 valence electrons. The van der Waals surface area contributed by atoms with E-state index < -0.39 is 10.0 Å². The van der Waals surface area contributed by atoms with Crippen LogP contribution < -0.4 is 9.46 Å². The van der Waals surface area contributed by atoms with E-state index in [-0.39, 0.29) is 12.3 Å². The topological polar surface area (TPSA) is 55.4 Å². The van der Waals surface area contributed by atoms with E-state index >= 15 is 0 Å². The Morgan fingerprint density at radius 2 is 1.76 bits per heavy atom. The third kappa shape index (κ3) is 4.74. The van der Waals surface area contributed by atoms with Gasteiger partial charge in [-0.2, -0.15) is 0 Å². The molecule has 4 nitrogen and oxygen atoms in total. The fraction of sp³-hybridized carbons (Fsp3) is 0.200. The van der Waals surface area contributed by atoms with Gasteiger partial charge in [0.05, 0.1) is 12.9 Å². The van der Waals surface area contributed by atoms with Crippen molar-refractivity contribution in [3.63, 3.8) is 0 Å². The Balaban J connectivity index is 2.02. The Hall–Kier alpha value is -1.56. The highest BCUT2D eigenvalue weighted by Gasteiger charge is 2.12. The molecular weight excluding hydrogens is 310 g/mol. The van der Waals surface area contributed by atoms with Crippen LogP contribution in [0.25, 0.3) is 0 Å². The standard InChI is InChI=1S/C15H16ClNO3S/c1-20-15-5-3-2-4-13(15)10-17-21(18,19)11-12-6-8-14(16)9-7-12/h2-9,17H,10-11H2,1H3. The van der Waals surface area contributed by atoms with E-state index in [0.717, 1.165) is 5.56 Å². The Morgan fingerprint density at radius 1 is 1.10 bits per heavy atom. The summed E-state index contributed by atoms with van der Waals surface area (Å²) in [6.07, 6.45) is 0. The lowest BCUT2D eigenvalue weighted by molar-refractivity contribution is 0.409. The number of methoxy groups -OCH3 is 1. The number of ether oxygens (including phenoxy) is 1. The smallest absolute Gasteiger partial charge is 0.216 e. The number of para-hydroxylation sites is 1. The molecular formula is C15H16ClNO3S. The van der Waals surface area contributed by atoms with Crippen molar-refractivity contribution in [2.24, 2.45) is 0 Å². The SMILES string of the molecule is COc1ccccc1CNS(=O)(=O)Cc1ccc(Cl)cc1. The van der Waals surface area contributed by atoms with E-state index in [1.54, 1.807) is 37.4 Å². The maximum Gasteiger partial charge on any atom is 0.216 e. The van der Waals surface area contributed by atoms with Gasteiger partial charge in [-0.15, -0.1) is 0 Å². The molecule has 0 radical (unpaired) electrons. The van der Waals surface area contributed by atoms with Crippen LogP contribution in [0.1, 0.15) is 11.1 Å². The molecule has 0 unspecified atom stereocenters. The van der Waals surface area contributed by atoms with Gasteiger partial charge >= 0.3 is 0 Å². The van der Waals surface area contributed by atoms with Gasteiger partial charge in [0.2, 0.25) is 10.0 Å². The van der Waals surface area contributed by atoms with Crippen LogP contribution in [0.2, 0.25) is 5.02 Å². The van der Waals surface area contributed by atoms with Crippen molar-refractivity contribution in [3.05, 3.63) is 64.7 Å². The Bertz CT molecular complexity index is 699. The lowest BCUT2D eigenvalue weighted by Crippen LogP contribution is -2.24. The Kier molecular flexibility index (Phi) is 5.22. The number of halogens is 1. The van der Waals surface area contributed by atoms with E-state index in [9.17, 15) is 8.42 Å². The molecule has 2 aromatic carbocycles. The van der Waals surface area contributed by atoms with E-state index in [1.807, 2.05) is 18.2 Å². The second-order valence-electron chi connectivity index (χ2n) is 4.52. The zero-order chi connectivity index (χ0) is 15.3. The molecule has 0 saturated carbocycles. The van der Waals surface area contributed by atoms with Crippen molar-refractivity contribution in [3.8, 4) is 5.75 Å². The molecule has 2 aromatic rings. The number of hydrogen-bond acceptors (Lipinski definition) is 3. The predicted molar refractivity (Wildman–Crippen MR) is 83.9 cm³/mol. The summed E-state index contributed by atoms with van der Waals surface area (Å²) in [6, 6.07) is 14.0. The van der Waals surface area contributed by atoms with Crippen LogP contribution in [0, 0.1) is 0 Å². The van der Waals surface area contributed by atoms with Gasteiger partial charge in [0, 0.05) is 17.1 Å². The lowest BCUT2D eigenvalue weighted by Gasteiger charge is -2.10. The average Bonchev–Trinajstić information content (AvgIpc) is 2.48. The molecule has 0 fully saturated rings. The fourth-order valence-electron chi connectivity index (χ4n) is 1.89. The van der Waals surface area contributed by atoms with Crippen LogP contribution in [0.15, 0.2) is 48.5 Å². The summed E-state index contributed by atoms with van der Waals surface area (Å²) >= 11 is 5.78. The van der Waals surface area contributed by atoms with Crippen molar-refractivity contribution >= 4 is 21.6 Å². The van der Waals surface area contributed by atoms with Gasteiger partial charge < -0.3 is 4.74 Å². The molecule has 21 heavy (non-hydrogen) atoms. The zero-order valence-corrected chi connectivity index (χ0v) is 13.1. The predicted octanol–water partition coefficient (Wildman–Crippen LogP) is 2.97. The van der Waals surface area contributed by atoms with Crippen LogP contribution in [-0.2, 0) is 22.3 Å². The third-order valence-electron chi connectivity index (χ3n) is 2.94. The van der Waals surface area contributed by atoms with Crippen LogP contribution in [0.3, 0.4) is 0 Å². The van der Waals surface area contributed by atoms with Crippen LogP contribution >= 0.6 is 11.6 Å². The van der Waals surface area contributed by atoms with Crippen molar-refractivity contribution in [2.45, 2.75) is 12.3 Å². The maximum absolute atomic E-state index is 12.1. The minimum absolute atomic E-state index is 0.0840. The summed E-state index contributed by atoms with van der Waals surface area (Å²) in [5, 5.41) is 0.582. The number of nitrogens with one attached hydrogen (secondary N) is 1. The second kappa shape index (κ2) is 6.93. The molecule has 0 aliphatic rings. The van der Waals surface area contributed by atoms with E-state index in [2.05, 4.69) is 4.72 Å². The molecule has 0 aliphatic heterocycles. The summed E-state index contributed by atoms with van der Waals surface area (Å²) in [5.41, 5.74) is 1.48. The molecule has 0 amide bonds. The van der Waals surface area contributed by atoms with Crippen LogP contribution in [-0.4, -0.2) is 15.5 Å². The van der Waals surface area contributed by atoms with Crippen LogP contribution in [0.5, 0.6) is 5.75 Å². The van der Waals surface area contributed by atoms with Crippen molar-refractivity contribution in [2.75, 3.05) is 7.11 Å². The van der Waals surface area contributed by atoms with Gasteiger partial charge in [-0.05, 0) is 23.8 Å². The first-order valence-electron chi connectivity index (χ1n) is 6.34. The quantitative estimate of drug-likeness (QED) is 0.888. The largest absolute Gasteiger partial charge is 0.496 e. The average molecular weight is 326 g/mol. The summed E-state index contributed by atoms with van der Waals surface area (Å²) in [5.74, 6) is 0.575. The van der Waals surface area contributed by atoms with Gasteiger partial charge in [-0.1, -0.05) is 41.9 Å². The molecule has 0 spiro atoms. The summed E-state index contributed by atoms with van der Waals surface area (Å²) in [7, 11) is -1.86. The van der Waals surface area contributed by atoms with Crippen molar-refractivity contribution in [1.29, 1.82) is 0 Å². The second-order valence-corrected chi connectivity index (χ2v) is 6.76. The normalized spacial score (nSPS) is 11.3. The number of sulfonamides is 1. The van der Waals surface area contributed by atoms with Gasteiger partial charge in [0.25, 0.3) is 0 Å². The van der Waals surface area contributed by atoms with E-state index in [0.29, 0.717) is 16.3 Å². The van der Waals surface area contributed by atoms with E-state index in [4.69, 9.17) is 16.3 Å². The fourth-order valence-corrected chi connectivity index (χ4v) is 3.12. The van der Waals surface area contributed by atoms with Crippen LogP contribution in [0.4, 0.5) is 0 Å². The highest BCUT2D eigenvalue weighted by molar-refractivity contribution is 7.88. The van der Waals surface area contributed by atoms with Gasteiger partial charge in [-0.25, -0.2) is 13.1 Å². The third-order valence-corrected chi connectivity index (χ3v) is 4.49. The van der Waals surface area contributed by atoms with E-state index in [1.165, 1.54) is 0 Å². The Labute approximate surface area is 129 Å². The zero-order valence-electron chi connectivity index (χ0n) is 11.5. The van der Waals surface area contributed by atoms with Gasteiger partial charge in [0.1, 0.15) is 5.75 Å². The lowest BCUT2D eigenvalue weighted by atomic mass is 10.2. The molecule has 0 heterocycles. The summed E-state index contributed by atoms with van der Waals surface area (Å²) in [4.78, 5) is 0.